The van der Waals surface area contributed by atoms with Crippen LogP contribution in [-0.4, -0.2) is 17.0 Å². The Hall–Kier alpha value is -2.88. The number of pyridine rings is 2. The first-order valence-electron chi connectivity index (χ1n) is 7.77. The number of rotatable bonds is 3. The van der Waals surface area contributed by atoms with Crippen molar-refractivity contribution in [1.29, 1.82) is 0 Å². The first-order valence-corrected chi connectivity index (χ1v) is 7.77. The SMILES string of the molecule is CNc1ccc(-c2ccc(C3Cc4cnccc4N3)cc2)cn1. The Balaban J connectivity index is 1.54. The van der Waals surface area contributed by atoms with Gasteiger partial charge in [-0.3, -0.25) is 4.98 Å². The van der Waals surface area contributed by atoms with Crippen molar-refractivity contribution >= 4 is 11.5 Å². The van der Waals surface area contributed by atoms with Gasteiger partial charge >= 0.3 is 0 Å². The van der Waals surface area contributed by atoms with Gasteiger partial charge in [-0.15, -0.1) is 0 Å². The molecule has 0 bridgehead atoms. The van der Waals surface area contributed by atoms with E-state index in [0.29, 0.717) is 6.04 Å². The van der Waals surface area contributed by atoms with Crippen LogP contribution in [0.5, 0.6) is 0 Å². The van der Waals surface area contributed by atoms with Crippen molar-refractivity contribution in [3.63, 3.8) is 0 Å². The number of nitrogens with one attached hydrogen (secondary N) is 2. The highest BCUT2D eigenvalue weighted by Crippen LogP contribution is 2.34. The Bertz CT molecular complexity index is 785. The second-order valence-corrected chi connectivity index (χ2v) is 5.74. The molecule has 4 heteroatoms. The molecular weight excluding hydrogens is 284 g/mol. The zero-order valence-corrected chi connectivity index (χ0v) is 13.0. The maximum Gasteiger partial charge on any atom is 0.125 e. The molecule has 0 aliphatic carbocycles. The molecule has 1 atom stereocenters. The molecule has 0 fully saturated rings. The fourth-order valence-corrected chi connectivity index (χ4v) is 3.01. The number of anilines is 2. The number of hydrogen-bond donors (Lipinski definition) is 2. The molecule has 3 aromatic rings. The Morgan fingerprint density at radius 3 is 2.52 bits per heavy atom. The molecular formula is C19H18N4. The lowest BCUT2D eigenvalue weighted by molar-refractivity contribution is 0.823. The number of benzene rings is 1. The Morgan fingerprint density at radius 1 is 1.00 bits per heavy atom. The first kappa shape index (κ1) is 13.8. The fraction of sp³-hybridized carbons (Fsp3) is 0.158. The predicted molar refractivity (Wildman–Crippen MR) is 93.5 cm³/mol. The Kier molecular flexibility index (Phi) is 3.42. The van der Waals surface area contributed by atoms with Crippen molar-refractivity contribution in [3.05, 3.63) is 72.2 Å². The number of hydrogen-bond acceptors (Lipinski definition) is 4. The average Bonchev–Trinajstić information content (AvgIpc) is 3.06. The second kappa shape index (κ2) is 5.72. The Morgan fingerprint density at radius 2 is 1.83 bits per heavy atom. The molecule has 0 saturated carbocycles. The molecule has 1 aromatic carbocycles. The molecule has 23 heavy (non-hydrogen) atoms. The van der Waals surface area contributed by atoms with Gasteiger partial charge in [0.05, 0.1) is 6.04 Å². The van der Waals surface area contributed by atoms with Gasteiger partial charge in [-0.05, 0) is 34.9 Å². The van der Waals surface area contributed by atoms with Gasteiger partial charge in [0.1, 0.15) is 5.82 Å². The molecule has 4 nitrogen and oxygen atoms in total. The largest absolute Gasteiger partial charge is 0.378 e. The molecule has 0 saturated heterocycles. The summed E-state index contributed by atoms with van der Waals surface area (Å²) in [5.74, 6) is 0.881. The highest BCUT2D eigenvalue weighted by molar-refractivity contribution is 5.65. The van der Waals surface area contributed by atoms with Gasteiger partial charge in [0, 0.05) is 43.3 Å². The normalized spacial score (nSPS) is 15.8. The minimum absolute atomic E-state index is 0.327. The van der Waals surface area contributed by atoms with E-state index in [1.807, 2.05) is 37.8 Å². The van der Waals surface area contributed by atoms with Crippen LogP contribution in [0.2, 0.25) is 0 Å². The molecule has 114 valence electrons. The minimum Gasteiger partial charge on any atom is -0.378 e. The van der Waals surface area contributed by atoms with Crippen molar-refractivity contribution in [2.45, 2.75) is 12.5 Å². The van der Waals surface area contributed by atoms with E-state index in [2.05, 4.69) is 50.9 Å². The van der Waals surface area contributed by atoms with Crippen LogP contribution in [0.3, 0.4) is 0 Å². The van der Waals surface area contributed by atoms with Crippen LogP contribution in [0.15, 0.2) is 61.1 Å². The summed E-state index contributed by atoms with van der Waals surface area (Å²) < 4.78 is 0. The summed E-state index contributed by atoms with van der Waals surface area (Å²) in [6, 6.07) is 15.2. The third-order valence-electron chi connectivity index (χ3n) is 4.32. The van der Waals surface area contributed by atoms with E-state index < -0.39 is 0 Å². The lowest BCUT2D eigenvalue weighted by Crippen LogP contribution is -2.05. The summed E-state index contributed by atoms with van der Waals surface area (Å²) in [6.45, 7) is 0. The predicted octanol–water partition coefficient (Wildman–Crippen LogP) is 3.89. The van der Waals surface area contributed by atoms with E-state index >= 15 is 0 Å². The molecule has 2 aromatic heterocycles. The van der Waals surface area contributed by atoms with Gasteiger partial charge in [0.25, 0.3) is 0 Å². The van der Waals surface area contributed by atoms with Crippen LogP contribution in [0.25, 0.3) is 11.1 Å². The van der Waals surface area contributed by atoms with Crippen LogP contribution in [0.1, 0.15) is 17.2 Å². The summed E-state index contributed by atoms with van der Waals surface area (Å²) in [5, 5.41) is 6.60. The standard InChI is InChI=1S/C19H18N4/c1-20-19-7-6-15(12-22-19)13-2-4-14(5-3-13)18-10-16-11-21-9-8-17(16)23-18/h2-9,11-12,18,23H,10H2,1H3,(H,20,22). The van der Waals surface area contributed by atoms with Crippen molar-refractivity contribution < 1.29 is 0 Å². The lowest BCUT2D eigenvalue weighted by Gasteiger charge is -2.12. The van der Waals surface area contributed by atoms with Gasteiger partial charge in [-0.2, -0.15) is 0 Å². The highest BCUT2D eigenvalue weighted by Gasteiger charge is 2.21. The van der Waals surface area contributed by atoms with E-state index in [4.69, 9.17) is 0 Å². The topological polar surface area (TPSA) is 49.8 Å². The molecule has 4 rings (SSSR count). The van der Waals surface area contributed by atoms with Gasteiger partial charge in [-0.1, -0.05) is 24.3 Å². The van der Waals surface area contributed by atoms with Crippen LogP contribution in [-0.2, 0) is 6.42 Å². The van der Waals surface area contributed by atoms with Gasteiger partial charge in [0.2, 0.25) is 0 Å². The van der Waals surface area contributed by atoms with E-state index in [1.165, 1.54) is 22.4 Å². The minimum atomic E-state index is 0.327. The maximum absolute atomic E-state index is 4.37. The van der Waals surface area contributed by atoms with E-state index in [-0.39, 0.29) is 0 Å². The summed E-state index contributed by atoms with van der Waals surface area (Å²) in [6.07, 6.45) is 6.67. The summed E-state index contributed by atoms with van der Waals surface area (Å²) in [5.41, 5.74) is 6.09. The summed E-state index contributed by atoms with van der Waals surface area (Å²) in [4.78, 5) is 8.57. The second-order valence-electron chi connectivity index (χ2n) is 5.74. The number of aromatic nitrogens is 2. The highest BCUT2D eigenvalue weighted by atomic mass is 15.0. The van der Waals surface area contributed by atoms with Gasteiger partial charge in [-0.25, -0.2) is 4.98 Å². The smallest absolute Gasteiger partial charge is 0.125 e. The molecule has 3 heterocycles. The molecule has 1 unspecified atom stereocenters. The van der Waals surface area contributed by atoms with Crippen molar-refractivity contribution in [3.8, 4) is 11.1 Å². The van der Waals surface area contributed by atoms with Crippen molar-refractivity contribution in [2.75, 3.05) is 17.7 Å². The zero-order valence-electron chi connectivity index (χ0n) is 13.0. The fourth-order valence-electron chi connectivity index (χ4n) is 3.01. The van der Waals surface area contributed by atoms with Crippen molar-refractivity contribution in [2.24, 2.45) is 0 Å². The summed E-state index contributed by atoms with van der Waals surface area (Å²) >= 11 is 0. The molecule has 2 N–H and O–H groups in total. The average molecular weight is 302 g/mol. The number of fused-ring (bicyclic) bond motifs is 1. The molecule has 0 amide bonds. The zero-order chi connectivity index (χ0) is 15.6. The molecule has 0 spiro atoms. The van der Waals surface area contributed by atoms with Crippen LogP contribution in [0, 0.1) is 0 Å². The molecule has 0 radical (unpaired) electrons. The van der Waals surface area contributed by atoms with Crippen LogP contribution >= 0.6 is 0 Å². The summed E-state index contributed by atoms with van der Waals surface area (Å²) in [7, 11) is 1.87. The monoisotopic (exact) mass is 302 g/mol. The van der Waals surface area contributed by atoms with E-state index in [1.54, 1.807) is 0 Å². The van der Waals surface area contributed by atoms with E-state index in [9.17, 15) is 0 Å². The quantitative estimate of drug-likeness (QED) is 0.770. The number of nitrogens with zero attached hydrogens (tertiary/aromatic N) is 2. The third kappa shape index (κ3) is 2.63. The van der Waals surface area contributed by atoms with Crippen LogP contribution in [0.4, 0.5) is 11.5 Å². The van der Waals surface area contributed by atoms with Gasteiger partial charge in [0.15, 0.2) is 0 Å². The first-order chi connectivity index (χ1) is 11.3. The third-order valence-corrected chi connectivity index (χ3v) is 4.32. The molecule has 1 aliphatic rings. The molecule has 1 aliphatic heterocycles. The van der Waals surface area contributed by atoms with E-state index in [0.717, 1.165) is 17.8 Å². The lowest BCUT2D eigenvalue weighted by atomic mass is 10.00. The Labute approximate surface area is 135 Å². The maximum atomic E-state index is 4.37. The van der Waals surface area contributed by atoms with Gasteiger partial charge < -0.3 is 10.6 Å². The van der Waals surface area contributed by atoms with Crippen molar-refractivity contribution in [1.82, 2.24) is 9.97 Å². The van der Waals surface area contributed by atoms with Crippen LogP contribution < -0.4 is 10.6 Å².